The third-order valence-electron chi connectivity index (χ3n) is 3.91. The van der Waals surface area contributed by atoms with E-state index in [0.29, 0.717) is 5.82 Å². The zero-order valence-electron chi connectivity index (χ0n) is 14.1. The molecule has 0 saturated carbocycles. The molecule has 3 aromatic rings. The van der Waals surface area contributed by atoms with Crippen molar-refractivity contribution < 1.29 is 4.84 Å². The minimum absolute atomic E-state index is 0.461. The van der Waals surface area contributed by atoms with Crippen LogP contribution in [0.5, 0.6) is 0 Å². The van der Waals surface area contributed by atoms with Crippen LogP contribution >= 0.6 is 0 Å². The Labute approximate surface area is 140 Å². The van der Waals surface area contributed by atoms with Crippen LogP contribution in [0.25, 0.3) is 22.1 Å². The second kappa shape index (κ2) is 7.25. The summed E-state index contributed by atoms with van der Waals surface area (Å²) >= 11 is 0. The molecular weight excluding hydrogens is 304 g/mol. The molecule has 0 bridgehead atoms. The fourth-order valence-electron chi connectivity index (χ4n) is 2.89. The van der Waals surface area contributed by atoms with Crippen molar-refractivity contribution in [1.29, 1.82) is 0 Å². The quantitative estimate of drug-likeness (QED) is 0.409. The molecule has 0 radical (unpaired) electrons. The van der Waals surface area contributed by atoms with Crippen LogP contribution < -0.4 is 5.73 Å². The fraction of sp³-hybridized carbons (Fsp3) is 0.412. The van der Waals surface area contributed by atoms with Gasteiger partial charge in [0.15, 0.2) is 5.82 Å². The molecule has 2 N–H and O–H groups in total. The highest BCUT2D eigenvalue weighted by Gasteiger charge is 2.17. The van der Waals surface area contributed by atoms with Crippen molar-refractivity contribution in [3.63, 3.8) is 0 Å². The van der Waals surface area contributed by atoms with E-state index in [1.54, 1.807) is 19.5 Å². The number of rotatable bonds is 7. The normalized spacial score (nSPS) is 11.8. The number of anilines is 1. The molecule has 7 heteroatoms. The Bertz CT molecular complexity index is 870. The molecule has 24 heavy (non-hydrogen) atoms. The molecule has 0 aromatic carbocycles. The van der Waals surface area contributed by atoms with Crippen molar-refractivity contribution in [1.82, 2.24) is 19.5 Å². The van der Waals surface area contributed by atoms with Gasteiger partial charge in [0.2, 0.25) is 0 Å². The van der Waals surface area contributed by atoms with E-state index >= 15 is 0 Å². The summed E-state index contributed by atoms with van der Waals surface area (Å²) in [5, 5.41) is 3.78. The summed E-state index contributed by atoms with van der Waals surface area (Å²) in [7, 11) is 1.55. The maximum Gasteiger partial charge on any atom is 0.152 e. The number of hydrogen-bond donors (Lipinski definition) is 1. The molecule has 3 rings (SSSR count). The number of nitrogen functional groups attached to an aromatic ring is 1. The number of nitrogens with two attached hydrogens (primary N) is 1. The van der Waals surface area contributed by atoms with Crippen LogP contribution in [0, 0.1) is 0 Å². The number of unbranched alkanes of at least 4 members (excludes halogenated alkanes) is 1. The van der Waals surface area contributed by atoms with Crippen LogP contribution in [-0.4, -0.2) is 32.8 Å². The Hall–Kier alpha value is -2.70. The zero-order chi connectivity index (χ0) is 16.9. The highest BCUT2D eigenvalue weighted by Crippen LogP contribution is 2.28. The lowest BCUT2D eigenvalue weighted by Gasteiger charge is -2.09. The van der Waals surface area contributed by atoms with Gasteiger partial charge in [0.25, 0.3) is 0 Å². The summed E-state index contributed by atoms with van der Waals surface area (Å²) in [4.78, 5) is 18.4. The first-order chi connectivity index (χ1) is 11.8. The van der Waals surface area contributed by atoms with Gasteiger partial charge in [-0.1, -0.05) is 12.1 Å². The summed E-state index contributed by atoms with van der Waals surface area (Å²) in [5.74, 6) is 1.49. The SMILES string of the molecule is CCCc1nc2c(N)nc3cccnc3c2n1CCC/C=N/OC. The van der Waals surface area contributed by atoms with Crippen LogP contribution in [0.1, 0.15) is 32.0 Å². The van der Waals surface area contributed by atoms with Gasteiger partial charge in [-0.15, -0.1) is 0 Å². The van der Waals surface area contributed by atoms with E-state index in [9.17, 15) is 0 Å². The first kappa shape index (κ1) is 16.2. The van der Waals surface area contributed by atoms with Gasteiger partial charge < -0.3 is 15.1 Å². The number of nitrogens with zero attached hydrogens (tertiary/aromatic N) is 5. The molecular formula is C17H22N6O. The number of imidazole rings is 1. The van der Waals surface area contributed by atoms with Gasteiger partial charge in [0, 0.05) is 25.4 Å². The molecule has 0 fully saturated rings. The molecule has 0 atom stereocenters. The monoisotopic (exact) mass is 326 g/mol. The van der Waals surface area contributed by atoms with Crippen LogP contribution in [-0.2, 0) is 17.8 Å². The van der Waals surface area contributed by atoms with E-state index in [4.69, 9.17) is 15.6 Å². The molecule has 0 aliphatic carbocycles. The van der Waals surface area contributed by atoms with Crippen molar-refractivity contribution in [2.45, 2.75) is 39.2 Å². The maximum atomic E-state index is 6.14. The third-order valence-corrected chi connectivity index (χ3v) is 3.91. The van der Waals surface area contributed by atoms with Gasteiger partial charge in [-0.05, 0) is 31.4 Å². The Kier molecular flexibility index (Phi) is 4.88. The van der Waals surface area contributed by atoms with E-state index in [0.717, 1.165) is 60.1 Å². The van der Waals surface area contributed by atoms with E-state index in [1.165, 1.54) is 0 Å². The molecule has 3 heterocycles. The van der Waals surface area contributed by atoms with Crippen molar-refractivity contribution >= 4 is 34.1 Å². The molecule has 126 valence electrons. The zero-order valence-corrected chi connectivity index (χ0v) is 14.1. The number of aryl methyl sites for hydroxylation is 2. The van der Waals surface area contributed by atoms with Gasteiger partial charge in [0.05, 0.1) is 5.52 Å². The fourth-order valence-corrected chi connectivity index (χ4v) is 2.89. The lowest BCUT2D eigenvalue weighted by molar-refractivity contribution is 0.214. The molecule has 0 saturated heterocycles. The Morgan fingerprint density at radius 2 is 2.21 bits per heavy atom. The number of aromatic nitrogens is 4. The molecule has 0 unspecified atom stereocenters. The van der Waals surface area contributed by atoms with Crippen molar-refractivity contribution in [3.8, 4) is 0 Å². The number of fused-ring (bicyclic) bond motifs is 3. The minimum Gasteiger partial charge on any atom is -0.399 e. The van der Waals surface area contributed by atoms with E-state index in [1.807, 2.05) is 12.1 Å². The topological polar surface area (TPSA) is 91.2 Å². The molecule has 0 aliphatic heterocycles. The first-order valence-electron chi connectivity index (χ1n) is 8.20. The van der Waals surface area contributed by atoms with Crippen LogP contribution in [0.4, 0.5) is 5.82 Å². The van der Waals surface area contributed by atoms with Gasteiger partial charge in [-0.25, -0.2) is 9.97 Å². The summed E-state index contributed by atoms with van der Waals surface area (Å²) < 4.78 is 2.23. The highest BCUT2D eigenvalue weighted by molar-refractivity contribution is 6.04. The summed E-state index contributed by atoms with van der Waals surface area (Å²) in [6.45, 7) is 2.98. The Balaban J connectivity index is 2.09. The molecule has 7 nitrogen and oxygen atoms in total. The first-order valence-corrected chi connectivity index (χ1v) is 8.20. The summed E-state index contributed by atoms with van der Waals surface area (Å²) in [5.41, 5.74) is 9.51. The van der Waals surface area contributed by atoms with E-state index in [-0.39, 0.29) is 0 Å². The van der Waals surface area contributed by atoms with E-state index < -0.39 is 0 Å². The van der Waals surface area contributed by atoms with Gasteiger partial charge in [-0.2, -0.15) is 0 Å². The Morgan fingerprint density at radius 3 is 3.00 bits per heavy atom. The van der Waals surface area contributed by atoms with Gasteiger partial charge in [-0.3, -0.25) is 4.98 Å². The van der Waals surface area contributed by atoms with Gasteiger partial charge in [0.1, 0.15) is 29.5 Å². The lowest BCUT2D eigenvalue weighted by Crippen LogP contribution is -2.05. The number of hydrogen-bond acceptors (Lipinski definition) is 6. The molecule has 0 aliphatic rings. The predicted octanol–water partition coefficient (Wildman–Crippen LogP) is 2.93. The molecule has 0 spiro atoms. The summed E-state index contributed by atoms with van der Waals surface area (Å²) in [6.07, 6.45) is 7.25. The van der Waals surface area contributed by atoms with Crippen molar-refractivity contribution in [2.75, 3.05) is 12.8 Å². The maximum absolute atomic E-state index is 6.14. The smallest absolute Gasteiger partial charge is 0.152 e. The lowest BCUT2D eigenvalue weighted by atomic mass is 10.2. The van der Waals surface area contributed by atoms with Crippen LogP contribution in [0.15, 0.2) is 23.5 Å². The Morgan fingerprint density at radius 1 is 1.33 bits per heavy atom. The van der Waals surface area contributed by atoms with Gasteiger partial charge >= 0.3 is 0 Å². The van der Waals surface area contributed by atoms with Crippen molar-refractivity contribution in [2.24, 2.45) is 5.16 Å². The molecule has 3 aromatic heterocycles. The average molecular weight is 326 g/mol. The number of pyridine rings is 2. The third kappa shape index (κ3) is 3.02. The second-order valence-electron chi connectivity index (χ2n) is 5.61. The molecule has 0 amide bonds. The average Bonchev–Trinajstić information content (AvgIpc) is 2.95. The van der Waals surface area contributed by atoms with Crippen LogP contribution in [0.2, 0.25) is 0 Å². The number of oxime groups is 1. The standard InChI is InChI=1S/C17H22N6O/c1-3-7-13-22-15-16(23(13)11-5-4-10-20-24-2)14-12(21-17(15)18)8-6-9-19-14/h6,8-10H,3-5,7,11H2,1-2H3,(H2,18,21)/b20-10+. The highest BCUT2D eigenvalue weighted by atomic mass is 16.6. The van der Waals surface area contributed by atoms with Crippen molar-refractivity contribution in [3.05, 3.63) is 24.2 Å². The van der Waals surface area contributed by atoms with E-state index in [2.05, 4.69) is 26.6 Å². The predicted molar refractivity (Wildman–Crippen MR) is 96.0 cm³/mol. The second-order valence-corrected chi connectivity index (χ2v) is 5.61. The van der Waals surface area contributed by atoms with Crippen LogP contribution in [0.3, 0.4) is 0 Å². The largest absolute Gasteiger partial charge is 0.399 e. The summed E-state index contributed by atoms with van der Waals surface area (Å²) in [6, 6.07) is 3.80. The minimum atomic E-state index is 0.461.